The number of hydrogen-bond donors (Lipinski definition) is 2. The van der Waals surface area contributed by atoms with E-state index in [4.69, 9.17) is 4.74 Å². The Morgan fingerprint density at radius 1 is 1.19 bits per heavy atom. The number of rotatable bonds is 8. The number of hydrogen-bond acceptors (Lipinski definition) is 4. The van der Waals surface area contributed by atoms with E-state index in [1.54, 1.807) is 14.2 Å². The summed E-state index contributed by atoms with van der Waals surface area (Å²) in [7, 11) is 5.43. The monoisotopic (exact) mass is 502 g/mol. The zero-order valence-electron chi connectivity index (χ0n) is 15.9. The molecule has 0 spiro atoms. The van der Waals surface area contributed by atoms with Crippen molar-refractivity contribution < 1.29 is 9.53 Å². The predicted molar refractivity (Wildman–Crippen MR) is 123 cm³/mol. The minimum absolute atomic E-state index is 0. The van der Waals surface area contributed by atoms with E-state index in [2.05, 4.69) is 20.5 Å². The van der Waals surface area contributed by atoms with Crippen LogP contribution in [0.15, 0.2) is 46.8 Å². The molecular formula is C19H27IN4O2S. The Kier molecular flexibility index (Phi) is 10.8. The Hall–Kier alpha value is -1.81. The first-order valence-corrected chi connectivity index (χ1v) is 9.38. The fourth-order valence-corrected chi connectivity index (χ4v) is 3.09. The van der Waals surface area contributed by atoms with Gasteiger partial charge in [0.25, 0.3) is 5.91 Å². The number of benzene rings is 1. The van der Waals surface area contributed by atoms with Gasteiger partial charge in [-0.15, -0.1) is 35.3 Å². The van der Waals surface area contributed by atoms with Crippen molar-refractivity contribution in [2.75, 3.05) is 34.3 Å². The van der Waals surface area contributed by atoms with Gasteiger partial charge in [0.15, 0.2) is 5.96 Å². The van der Waals surface area contributed by atoms with Crippen LogP contribution in [0.4, 0.5) is 0 Å². The molecule has 0 aliphatic carbocycles. The van der Waals surface area contributed by atoms with Crippen LogP contribution < -0.4 is 15.4 Å². The SMILES string of the molecule is CN=C(NCCCNC(=O)c1cccs1)N(C)Cc1ccc(OC)cc1.I. The first kappa shape index (κ1) is 23.2. The van der Waals surface area contributed by atoms with Crippen LogP contribution in [0.3, 0.4) is 0 Å². The molecule has 0 saturated carbocycles. The molecule has 2 N–H and O–H groups in total. The highest BCUT2D eigenvalue weighted by atomic mass is 127. The summed E-state index contributed by atoms with van der Waals surface area (Å²) in [6.45, 7) is 2.12. The Bertz CT molecular complexity index is 705. The lowest BCUT2D eigenvalue weighted by Crippen LogP contribution is -2.39. The molecular weight excluding hydrogens is 475 g/mol. The van der Waals surface area contributed by atoms with Crippen LogP contribution >= 0.6 is 35.3 Å². The van der Waals surface area contributed by atoms with Gasteiger partial charge in [0.2, 0.25) is 0 Å². The number of carbonyl (C=O) groups is 1. The number of guanidine groups is 1. The molecule has 1 aromatic heterocycles. The third kappa shape index (κ3) is 7.76. The fraction of sp³-hybridized carbons (Fsp3) is 0.368. The molecule has 27 heavy (non-hydrogen) atoms. The second kappa shape index (κ2) is 12.6. The van der Waals surface area contributed by atoms with Crippen molar-refractivity contribution in [2.45, 2.75) is 13.0 Å². The quantitative estimate of drug-likeness (QED) is 0.252. The van der Waals surface area contributed by atoms with Gasteiger partial charge in [-0.2, -0.15) is 0 Å². The highest BCUT2D eigenvalue weighted by Gasteiger charge is 2.07. The maximum absolute atomic E-state index is 11.9. The van der Waals surface area contributed by atoms with Crippen LogP contribution in [-0.4, -0.2) is 51.1 Å². The Morgan fingerprint density at radius 2 is 1.89 bits per heavy atom. The van der Waals surface area contributed by atoms with E-state index in [0.29, 0.717) is 6.54 Å². The predicted octanol–water partition coefficient (Wildman–Crippen LogP) is 3.20. The number of aliphatic imine (C=N–C) groups is 1. The second-order valence-corrected chi connectivity index (χ2v) is 6.71. The van der Waals surface area contributed by atoms with Gasteiger partial charge in [-0.3, -0.25) is 9.79 Å². The number of carbonyl (C=O) groups excluding carboxylic acids is 1. The highest BCUT2D eigenvalue weighted by molar-refractivity contribution is 14.0. The van der Waals surface area contributed by atoms with Gasteiger partial charge in [-0.05, 0) is 35.6 Å². The largest absolute Gasteiger partial charge is 0.497 e. The Balaban J connectivity index is 0.00000364. The number of thiophene rings is 1. The highest BCUT2D eigenvalue weighted by Crippen LogP contribution is 2.12. The number of halogens is 1. The smallest absolute Gasteiger partial charge is 0.261 e. The number of ether oxygens (including phenoxy) is 1. The van der Waals surface area contributed by atoms with Crippen LogP contribution in [0.25, 0.3) is 0 Å². The zero-order chi connectivity index (χ0) is 18.8. The molecule has 6 nitrogen and oxygen atoms in total. The van der Waals surface area contributed by atoms with Crippen molar-refractivity contribution in [3.05, 3.63) is 52.2 Å². The van der Waals surface area contributed by atoms with Gasteiger partial charge in [0.05, 0.1) is 12.0 Å². The normalized spacial score (nSPS) is 10.7. The van der Waals surface area contributed by atoms with Crippen LogP contribution in [0.5, 0.6) is 5.75 Å². The van der Waals surface area contributed by atoms with Crippen LogP contribution in [-0.2, 0) is 6.54 Å². The average molecular weight is 502 g/mol. The van der Waals surface area contributed by atoms with Crippen molar-refractivity contribution in [2.24, 2.45) is 4.99 Å². The number of methoxy groups -OCH3 is 1. The summed E-state index contributed by atoms with van der Waals surface area (Å²) >= 11 is 1.45. The summed E-state index contributed by atoms with van der Waals surface area (Å²) in [6.07, 6.45) is 0.826. The summed E-state index contributed by atoms with van der Waals surface area (Å²) in [5.74, 6) is 1.66. The van der Waals surface area contributed by atoms with Crippen LogP contribution in [0.1, 0.15) is 21.7 Å². The van der Waals surface area contributed by atoms with E-state index in [-0.39, 0.29) is 29.9 Å². The molecule has 1 heterocycles. The third-order valence-corrected chi connectivity index (χ3v) is 4.69. The molecule has 0 radical (unpaired) electrons. The van der Waals surface area contributed by atoms with E-state index in [0.717, 1.165) is 36.1 Å². The zero-order valence-corrected chi connectivity index (χ0v) is 19.0. The summed E-state index contributed by atoms with van der Waals surface area (Å²) in [5.41, 5.74) is 1.18. The minimum atomic E-state index is -0.0130. The number of nitrogens with one attached hydrogen (secondary N) is 2. The maximum atomic E-state index is 11.9. The lowest BCUT2D eigenvalue weighted by Gasteiger charge is -2.22. The molecule has 1 aromatic carbocycles. The van der Waals surface area contributed by atoms with Crippen molar-refractivity contribution >= 4 is 47.2 Å². The van der Waals surface area contributed by atoms with Crippen molar-refractivity contribution in [3.63, 3.8) is 0 Å². The van der Waals surface area contributed by atoms with E-state index in [9.17, 15) is 4.79 Å². The third-order valence-electron chi connectivity index (χ3n) is 3.82. The molecule has 0 unspecified atom stereocenters. The molecule has 0 bridgehead atoms. The standard InChI is InChI=1S/C19H26N4O2S.HI/c1-20-19(23(2)14-15-7-9-16(25-3)10-8-15)22-12-5-11-21-18(24)17-6-4-13-26-17;/h4,6-10,13H,5,11-12,14H2,1-3H3,(H,20,22)(H,21,24);1H. The van der Waals surface area contributed by atoms with E-state index in [1.165, 1.54) is 16.9 Å². The fourth-order valence-electron chi connectivity index (χ4n) is 2.45. The van der Waals surface area contributed by atoms with Crippen LogP contribution in [0, 0.1) is 0 Å². The minimum Gasteiger partial charge on any atom is -0.497 e. The maximum Gasteiger partial charge on any atom is 0.261 e. The van der Waals surface area contributed by atoms with E-state index >= 15 is 0 Å². The van der Waals surface area contributed by atoms with Crippen molar-refractivity contribution in [1.29, 1.82) is 0 Å². The van der Waals surface area contributed by atoms with E-state index in [1.807, 2.05) is 48.8 Å². The second-order valence-electron chi connectivity index (χ2n) is 5.76. The Morgan fingerprint density at radius 3 is 2.48 bits per heavy atom. The summed E-state index contributed by atoms with van der Waals surface area (Å²) < 4.78 is 5.18. The molecule has 0 atom stereocenters. The lowest BCUT2D eigenvalue weighted by atomic mass is 10.2. The van der Waals surface area contributed by atoms with Gasteiger partial charge in [-0.1, -0.05) is 18.2 Å². The summed E-state index contributed by atoms with van der Waals surface area (Å²) in [4.78, 5) is 19.0. The molecule has 0 saturated heterocycles. The molecule has 0 aliphatic rings. The van der Waals surface area contributed by atoms with E-state index < -0.39 is 0 Å². The number of amides is 1. The molecule has 8 heteroatoms. The average Bonchev–Trinajstić information content (AvgIpc) is 3.20. The lowest BCUT2D eigenvalue weighted by molar-refractivity contribution is 0.0957. The number of nitrogens with zero attached hydrogens (tertiary/aromatic N) is 2. The van der Waals surface area contributed by atoms with Gasteiger partial charge in [0, 0.05) is 33.7 Å². The molecule has 0 aliphatic heterocycles. The first-order chi connectivity index (χ1) is 12.6. The van der Waals surface area contributed by atoms with Gasteiger partial charge in [0.1, 0.15) is 5.75 Å². The first-order valence-electron chi connectivity index (χ1n) is 8.50. The Labute approximate surface area is 182 Å². The topological polar surface area (TPSA) is 66.0 Å². The molecule has 1 amide bonds. The van der Waals surface area contributed by atoms with Gasteiger partial charge >= 0.3 is 0 Å². The molecule has 148 valence electrons. The summed E-state index contributed by atoms with van der Waals surface area (Å²) in [5, 5.41) is 8.15. The molecule has 0 fully saturated rings. The summed E-state index contributed by atoms with van der Waals surface area (Å²) in [6, 6.07) is 11.7. The van der Waals surface area contributed by atoms with Crippen molar-refractivity contribution in [1.82, 2.24) is 15.5 Å². The molecule has 2 aromatic rings. The van der Waals surface area contributed by atoms with Gasteiger partial charge in [-0.25, -0.2) is 0 Å². The van der Waals surface area contributed by atoms with Crippen LogP contribution in [0.2, 0.25) is 0 Å². The van der Waals surface area contributed by atoms with Gasteiger partial charge < -0.3 is 20.3 Å². The molecule has 2 rings (SSSR count). The van der Waals surface area contributed by atoms with Crippen molar-refractivity contribution in [3.8, 4) is 5.75 Å².